The molecule has 0 bridgehead atoms. The molecule has 2 saturated heterocycles. The molecule has 1 saturated carbocycles. The highest BCUT2D eigenvalue weighted by Gasteiger charge is 2.39. The molecule has 0 N–H and O–H groups in total. The van der Waals surface area contributed by atoms with E-state index in [1.807, 2.05) is 0 Å². The van der Waals surface area contributed by atoms with Gasteiger partial charge in [0.25, 0.3) is 5.91 Å². The molecule has 1 amide bonds. The molecule has 2 heterocycles. The molecule has 3 fully saturated rings. The van der Waals surface area contributed by atoms with E-state index >= 15 is 0 Å². The number of carbonyl (C=O) groups is 2. The molecule has 1 unspecified atom stereocenters. The van der Waals surface area contributed by atoms with Crippen LogP contribution < -0.4 is 0 Å². The SMILES string of the molecule is CS(=O)(=O)N1CCC(C(=O)OCC(=O)N(C2CCCC2)C2CCS(=O)(=O)C2)CC1. The van der Waals surface area contributed by atoms with E-state index in [2.05, 4.69) is 0 Å². The van der Waals surface area contributed by atoms with Gasteiger partial charge in [-0.25, -0.2) is 21.1 Å². The lowest BCUT2D eigenvalue weighted by molar-refractivity contribution is -0.158. The van der Waals surface area contributed by atoms with Crippen molar-refractivity contribution in [2.45, 2.75) is 57.0 Å². The first-order chi connectivity index (χ1) is 13.6. The molecule has 0 radical (unpaired) electrons. The van der Waals surface area contributed by atoms with Crippen molar-refractivity contribution < 1.29 is 31.2 Å². The fraction of sp³-hybridized carbons (Fsp3) is 0.889. The number of hydrogen-bond donors (Lipinski definition) is 0. The zero-order valence-electron chi connectivity index (χ0n) is 16.8. The van der Waals surface area contributed by atoms with Crippen molar-refractivity contribution in [3.05, 3.63) is 0 Å². The maximum Gasteiger partial charge on any atom is 0.309 e. The fourth-order valence-corrected chi connectivity index (χ4v) is 7.22. The minimum absolute atomic E-state index is 0.0116. The standard InChI is InChI=1S/C18H30N2O7S2/c1-28(23,24)19-9-6-14(7-10-19)18(22)27-12-17(21)20(15-4-2-3-5-15)16-8-11-29(25,26)13-16/h14-16H,2-13H2,1H3. The number of sulfonamides is 1. The summed E-state index contributed by atoms with van der Waals surface area (Å²) in [5.74, 6) is -1.18. The first-order valence-corrected chi connectivity index (χ1v) is 13.9. The van der Waals surface area contributed by atoms with Crippen LogP contribution in [-0.2, 0) is 34.2 Å². The summed E-state index contributed by atoms with van der Waals surface area (Å²) in [5.41, 5.74) is 0. The molecule has 1 atom stereocenters. The summed E-state index contributed by atoms with van der Waals surface area (Å²) in [6.07, 6.45) is 6.02. The van der Waals surface area contributed by atoms with E-state index in [4.69, 9.17) is 4.74 Å². The summed E-state index contributed by atoms with van der Waals surface area (Å²) in [7, 11) is -6.39. The zero-order valence-corrected chi connectivity index (χ0v) is 18.4. The predicted molar refractivity (Wildman–Crippen MR) is 106 cm³/mol. The lowest BCUT2D eigenvalue weighted by Gasteiger charge is -2.34. The highest BCUT2D eigenvalue weighted by atomic mass is 32.2. The average molecular weight is 451 g/mol. The number of amides is 1. The van der Waals surface area contributed by atoms with Crippen LogP contribution in [0.4, 0.5) is 0 Å². The molecule has 11 heteroatoms. The van der Waals surface area contributed by atoms with Crippen LogP contribution in [0.2, 0.25) is 0 Å². The maximum absolute atomic E-state index is 12.9. The summed E-state index contributed by atoms with van der Waals surface area (Å²) in [5, 5.41) is 0. The largest absolute Gasteiger partial charge is 0.455 e. The number of piperidine rings is 1. The highest BCUT2D eigenvalue weighted by Crippen LogP contribution is 2.29. The lowest BCUT2D eigenvalue weighted by atomic mass is 9.98. The van der Waals surface area contributed by atoms with Crippen LogP contribution in [0, 0.1) is 5.92 Å². The number of carbonyl (C=O) groups excluding carboxylic acids is 2. The second kappa shape index (κ2) is 8.89. The molecule has 29 heavy (non-hydrogen) atoms. The third-order valence-electron chi connectivity index (χ3n) is 6.20. The molecular weight excluding hydrogens is 420 g/mol. The van der Waals surface area contributed by atoms with Crippen LogP contribution in [0.25, 0.3) is 0 Å². The van der Waals surface area contributed by atoms with E-state index in [-0.39, 0.29) is 42.6 Å². The summed E-state index contributed by atoms with van der Waals surface area (Å²) in [6, 6.07) is -0.329. The lowest BCUT2D eigenvalue weighted by Crippen LogP contribution is -2.49. The van der Waals surface area contributed by atoms with Gasteiger partial charge in [-0.05, 0) is 32.1 Å². The van der Waals surface area contributed by atoms with Crippen molar-refractivity contribution in [3.8, 4) is 0 Å². The third-order valence-corrected chi connectivity index (χ3v) is 9.26. The Morgan fingerprint density at radius 2 is 1.66 bits per heavy atom. The van der Waals surface area contributed by atoms with E-state index in [9.17, 15) is 26.4 Å². The third kappa shape index (κ3) is 5.69. The number of nitrogens with zero attached hydrogens (tertiary/aromatic N) is 2. The van der Waals surface area contributed by atoms with Gasteiger partial charge in [0.2, 0.25) is 10.0 Å². The Balaban J connectivity index is 1.55. The van der Waals surface area contributed by atoms with Gasteiger partial charge >= 0.3 is 5.97 Å². The van der Waals surface area contributed by atoms with Crippen molar-refractivity contribution in [1.29, 1.82) is 0 Å². The summed E-state index contributed by atoms with van der Waals surface area (Å²) in [6.45, 7) is 0.138. The predicted octanol–water partition coefficient (Wildman–Crippen LogP) is 0.160. The van der Waals surface area contributed by atoms with Crippen LogP contribution in [0.1, 0.15) is 44.9 Å². The molecule has 166 valence electrons. The van der Waals surface area contributed by atoms with Crippen LogP contribution in [0.15, 0.2) is 0 Å². The number of rotatable bonds is 6. The first-order valence-electron chi connectivity index (χ1n) is 10.2. The Labute approximate surface area is 172 Å². The van der Waals surface area contributed by atoms with Gasteiger partial charge in [-0.3, -0.25) is 9.59 Å². The monoisotopic (exact) mass is 450 g/mol. The summed E-state index contributed by atoms with van der Waals surface area (Å²) < 4.78 is 53.5. The molecule has 0 aromatic heterocycles. The van der Waals surface area contributed by atoms with E-state index in [0.29, 0.717) is 19.3 Å². The van der Waals surface area contributed by atoms with E-state index in [0.717, 1.165) is 31.9 Å². The normalized spacial score (nSPS) is 26.4. The van der Waals surface area contributed by atoms with Crippen molar-refractivity contribution in [2.75, 3.05) is 37.5 Å². The topological polar surface area (TPSA) is 118 Å². The van der Waals surface area contributed by atoms with E-state index in [1.165, 1.54) is 4.31 Å². The minimum Gasteiger partial charge on any atom is -0.455 e. The number of sulfone groups is 1. The molecule has 2 aliphatic heterocycles. The maximum atomic E-state index is 12.9. The number of ether oxygens (including phenoxy) is 1. The Morgan fingerprint density at radius 3 is 2.17 bits per heavy atom. The van der Waals surface area contributed by atoms with Crippen LogP contribution >= 0.6 is 0 Å². The Hall–Kier alpha value is -1.20. The molecular formula is C18H30N2O7S2. The zero-order chi connectivity index (χ0) is 21.2. The summed E-state index contributed by atoms with van der Waals surface area (Å²) >= 11 is 0. The van der Waals surface area contributed by atoms with Gasteiger partial charge in [-0.1, -0.05) is 12.8 Å². The van der Waals surface area contributed by atoms with Gasteiger partial charge in [0.15, 0.2) is 16.4 Å². The van der Waals surface area contributed by atoms with E-state index in [1.54, 1.807) is 4.90 Å². The molecule has 0 spiro atoms. The molecule has 1 aliphatic carbocycles. The first kappa shape index (κ1) is 22.5. The Bertz CT molecular complexity index is 826. The summed E-state index contributed by atoms with van der Waals surface area (Å²) in [4.78, 5) is 26.9. The van der Waals surface area contributed by atoms with Gasteiger partial charge < -0.3 is 9.64 Å². The van der Waals surface area contributed by atoms with Crippen molar-refractivity contribution in [1.82, 2.24) is 9.21 Å². The van der Waals surface area contributed by atoms with Gasteiger partial charge in [-0.15, -0.1) is 0 Å². The molecule has 3 aliphatic rings. The van der Waals surface area contributed by atoms with Crippen molar-refractivity contribution in [2.24, 2.45) is 5.92 Å². The Morgan fingerprint density at radius 1 is 1.03 bits per heavy atom. The van der Waals surface area contributed by atoms with Crippen molar-refractivity contribution in [3.63, 3.8) is 0 Å². The van der Waals surface area contributed by atoms with Gasteiger partial charge in [-0.2, -0.15) is 0 Å². The smallest absolute Gasteiger partial charge is 0.309 e. The van der Waals surface area contributed by atoms with E-state index < -0.39 is 38.4 Å². The fourth-order valence-electron chi connectivity index (χ4n) is 4.63. The molecule has 0 aromatic carbocycles. The Kier molecular flexibility index (Phi) is 6.89. The molecule has 0 aromatic rings. The quantitative estimate of drug-likeness (QED) is 0.529. The minimum atomic E-state index is -3.27. The average Bonchev–Trinajstić information content (AvgIpc) is 3.29. The van der Waals surface area contributed by atoms with Crippen LogP contribution in [-0.4, -0.2) is 87.5 Å². The van der Waals surface area contributed by atoms with Crippen LogP contribution in [0.3, 0.4) is 0 Å². The second-order valence-electron chi connectivity index (χ2n) is 8.34. The number of esters is 1. The second-order valence-corrected chi connectivity index (χ2v) is 12.6. The van der Waals surface area contributed by atoms with Gasteiger partial charge in [0, 0.05) is 25.2 Å². The molecule has 9 nitrogen and oxygen atoms in total. The van der Waals surface area contributed by atoms with Gasteiger partial charge in [0.05, 0.1) is 23.7 Å². The molecule has 3 rings (SSSR count). The van der Waals surface area contributed by atoms with Crippen LogP contribution in [0.5, 0.6) is 0 Å². The highest BCUT2D eigenvalue weighted by molar-refractivity contribution is 7.91. The number of hydrogen-bond acceptors (Lipinski definition) is 7. The van der Waals surface area contributed by atoms with Crippen molar-refractivity contribution >= 4 is 31.7 Å². The van der Waals surface area contributed by atoms with Gasteiger partial charge in [0.1, 0.15) is 0 Å².